The molecule has 0 saturated carbocycles. The molecular formula is C15H19Cl2NO3. The first-order valence-corrected chi connectivity index (χ1v) is 7.76. The van der Waals surface area contributed by atoms with Gasteiger partial charge in [-0.25, -0.2) is 0 Å². The Bertz CT molecular complexity index is 479. The fourth-order valence-corrected chi connectivity index (χ4v) is 2.99. The monoisotopic (exact) mass is 331 g/mol. The minimum absolute atomic E-state index is 0.0317. The smallest absolute Gasteiger partial charge is 0.260 e. The number of aliphatic hydroxyl groups excluding tert-OH is 1. The molecule has 0 aromatic heterocycles. The van der Waals surface area contributed by atoms with Crippen LogP contribution in [0, 0.1) is 5.92 Å². The van der Waals surface area contributed by atoms with Gasteiger partial charge in [-0.05, 0) is 43.9 Å². The third kappa shape index (κ3) is 4.77. The molecule has 116 valence electrons. The Labute approximate surface area is 134 Å². The summed E-state index contributed by atoms with van der Waals surface area (Å²) in [6.45, 7) is 3.09. The molecule has 1 aromatic carbocycles. The van der Waals surface area contributed by atoms with E-state index in [-0.39, 0.29) is 24.5 Å². The van der Waals surface area contributed by atoms with E-state index in [2.05, 4.69) is 0 Å². The summed E-state index contributed by atoms with van der Waals surface area (Å²) in [6.07, 6.45) is 1.34. The molecule has 1 amide bonds. The van der Waals surface area contributed by atoms with Crippen molar-refractivity contribution in [1.29, 1.82) is 0 Å². The molecule has 0 radical (unpaired) electrons. The van der Waals surface area contributed by atoms with Gasteiger partial charge in [0.2, 0.25) is 0 Å². The highest BCUT2D eigenvalue weighted by molar-refractivity contribution is 6.34. The van der Waals surface area contributed by atoms with E-state index in [1.807, 2.05) is 0 Å². The second-order valence-electron chi connectivity index (χ2n) is 5.35. The summed E-state index contributed by atoms with van der Waals surface area (Å²) >= 11 is 11.8. The molecule has 6 heteroatoms. The highest BCUT2D eigenvalue weighted by atomic mass is 35.5. The van der Waals surface area contributed by atoms with Crippen LogP contribution < -0.4 is 4.74 Å². The largest absolute Gasteiger partial charge is 0.484 e. The van der Waals surface area contributed by atoms with Gasteiger partial charge < -0.3 is 14.7 Å². The van der Waals surface area contributed by atoms with Crippen molar-refractivity contribution in [2.24, 2.45) is 5.92 Å². The lowest BCUT2D eigenvalue weighted by atomic mass is 9.92. The lowest BCUT2D eigenvalue weighted by Crippen LogP contribution is -2.42. The molecule has 1 fully saturated rings. The number of nitrogens with zero attached hydrogens (tertiary/aromatic N) is 1. The first kappa shape index (κ1) is 16.4. The molecule has 4 nitrogen and oxygen atoms in total. The molecule has 1 aromatic rings. The topological polar surface area (TPSA) is 49.8 Å². The van der Waals surface area contributed by atoms with Crippen LogP contribution in [0.2, 0.25) is 10.0 Å². The summed E-state index contributed by atoms with van der Waals surface area (Å²) in [5, 5.41) is 10.5. The van der Waals surface area contributed by atoms with Crippen molar-refractivity contribution in [3.05, 3.63) is 28.2 Å². The molecule has 21 heavy (non-hydrogen) atoms. The number of hydrogen-bond acceptors (Lipinski definition) is 3. The van der Waals surface area contributed by atoms with Crippen molar-refractivity contribution >= 4 is 29.1 Å². The number of rotatable bonds is 4. The molecule has 1 heterocycles. The number of likely N-dealkylation sites (tertiary alicyclic amines) is 1. The Morgan fingerprint density at radius 3 is 2.43 bits per heavy atom. The third-order valence-electron chi connectivity index (χ3n) is 3.77. The number of carbonyl (C=O) groups excluding carboxylic acids is 1. The quantitative estimate of drug-likeness (QED) is 0.922. The fourth-order valence-electron chi connectivity index (χ4n) is 2.48. The lowest BCUT2D eigenvalue weighted by molar-refractivity contribution is -0.135. The summed E-state index contributed by atoms with van der Waals surface area (Å²) in [5.74, 6) is 0.705. The number of hydrogen-bond donors (Lipinski definition) is 1. The highest BCUT2D eigenvalue weighted by Gasteiger charge is 2.25. The van der Waals surface area contributed by atoms with Gasteiger partial charge in [-0.1, -0.05) is 23.2 Å². The third-order valence-corrected chi connectivity index (χ3v) is 4.21. The lowest BCUT2D eigenvalue weighted by Gasteiger charge is -2.33. The SMILES string of the molecule is C[C@@H](O)C1CCN(C(=O)COc2cc(Cl)cc(Cl)c2)CC1. The molecule has 1 N–H and O–H groups in total. The van der Waals surface area contributed by atoms with Gasteiger partial charge >= 0.3 is 0 Å². The summed E-state index contributed by atoms with van der Waals surface area (Å²) in [4.78, 5) is 13.9. The predicted octanol–water partition coefficient (Wildman–Crippen LogP) is 2.99. The van der Waals surface area contributed by atoms with E-state index < -0.39 is 0 Å². The number of benzene rings is 1. The van der Waals surface area contributed by atoms with Crippen LogP contribution in [-0.4, -0.2) is 41.7 Å². The summed E-state index contributed by atoms with van der Waals surface area (Å²) in [6, 6.07) is 4.86. The maximum absolute atomic E-state index is 12.1. The van der Waals surface area contributed by atoms with Crippen LogP contribution >= 0.6 is 23.2 Å². The average molecular weight is 332 g/mol. The van der Waals surface area contributed by atoms with Crippen LogP contribution in [0.4, 0.5) is 0 Å². The summed E-state index contributed by atoms with van der Waals surface area (Å²) in [5.41, 5.74) is 0. The zero-order valence-corrected chi connectivity index (χ0v) is 13.4. The van der Waals surface area contributed by atoms with E-state index in [9.17, 15) is 9.90 Å². The summed E-state index contributed by atoms with van der Waals surface area (Å²) < 4.78 is 5.45. The number of amides is 1. The van der Waals surface area contributed by atoms with Crippen molar-refractivity contribution in [3.8, 4) is 5.75 Å². The standard InChI is InChI=1S/C15H19Cl2NO3/c1-10(19)11-2-4-18(5-3-11)15(20)9-21-14-7-12(16)6-13(17)8-14/h6-8,10-11,19H,2-5,9H2,1H3/t10-/m1/s1. The summed E-state index contributed by atoms with van der Waals surface area (Å²) in [7, 11) is 0. The van der Waals surface area contributed by atoms with Gasteiger partial charge in [-0.15, -0.1) is 0 Å². The molecule has 0 bridgehead atoms. The zero-order chi connectivity index (χ0) is 15.4. The maximum Gasteiger partial charge on any atom is 0.260 e. The Morgan fingerprint density at radius 2 is 1.90 bits per heavy atom. The Hall–Kier alpha value is -0.970. The number of halogens is 2. The first-order chi connectivity index (χ1) is 9.95. The molecule has 1 aliphatic heterocycles. The van der Waals surface area contributed by atoms with Crippen LogP contribution in [0.1, 0.15) is 19.8 Å². The predicted molar refractivity (Wildman–Crippen MR) is 82.9 cm³/mol. The minimum atomic E-state index is -0.313. The zero-order valence-electron chi connectivity index (χ0n) is 11.9. The Kier molecular flexibility index (Phi) is 5.73. The number of carbonyl (C=O) groups is 1. The van der Waals surface area contributed by atoms with Gasteiger partial charge in [-0.3, -0.25) is 4.79 Å². The first-order valence-electron chi connectivity index (χ1n) is 7.00. The van der Waals surface area contributed by atoms with Crippen molar-refractivity contribution < 1.29 is 14.6 Å². The number of aliphatic hydroxyl groups is 1. The van der Waals surface area contributed by atoms with E-state index in [0.29, 0.717) is 28.9 Å². The molecule has 1 atom stereocenters. The normalized spacial score (nSPS) is 17.6. The van der Waals surface area contributed by atoms with E-state index in [4.69, 9.17) is 27.9 Å². The molecular weight excluding hydrogens is 313 g/mol. The van der Waals surface area contributed by atoms with Gasteiger partial charge in [0.1, 0.15) is 5.75 Å². The van der Waals surface area contributed by atoms with Crippen molar-refractivity contribution in [1.82, 2.24) is 4.90 Å². The van der Waals surface area contributed by atoms with Crippen LogP contribution in [0.25, 0.3) is 0 Å². The van der Waals surface area contributed by atoms with E-state index in [0.717, 1.165) is 12.8 Å². The van der Waals surface area contributed by atoms with E-state index >= 15 is 0 Å². The second kappa shape index (κ2) is 7.34. The van der Waals surface area contributed by atoms with Crippen LogP contribution in [0.3, 0.4) is 0 Å². The van der Waals surface area contributed by atoms with Gasteiger partial charge in [0.25, 0.3) is 5.91 Å². The van der Waals surface area contributed by atoms with E-state index in [1.54, 1.807) is 30.0 Å². The minimum Gasteiger partial charge on any atom is -0.484 e. The maximum atomic E-state index is 12.1. The van der Waals surface area contributed by atoms with E-state index in [1.165, 1.54) is 0 Å². The molecule has 2 rings (SSSR count). The molecule has 1 aliphatic rings. The Balaban J connectivity index is 1.82. The van der Waals surface area contributed by atoms with Gasteiger partial charge in [0, 0.05) is 23.1 Å². The molecule has 0 spiro atoms. The van der Waals surface area contributed by atoms with Crippen molar-refractivity contribution in [2.75, 3.05) is 19.7 Å². The van der Waals surface area contributed by atoms with Crippen LogP contribution in [0.5, 0.6) is 5.75 Å². The molecule has 0 aliphatic carbocycles. The second-order valence-corrected chi connectivity index (χ2v) is 6.23. The fraction of sp³-hybridized carbons (Fsp3) is 0.533. The van der Waals surface area contributed by atoms with Crippen LogP contribution in [0.15, 0.2) is 18.2 Å². The van der Waals surface area contributed by atoms with Crippen LogP contribution in [-0.2, 0) is 4.79 Å². The van der Waals surface area contributed by atoms with Gasteiger partial charge in [0.15, 0.2) is 6.61 Å². The van der Waals surface area contributed by atoms with Gasteiger partial charge in [0.05, 0.1) is 6.10 Å². The van der Waals surface area contributed by atoms with Crippen molar-refractivity contribution in [3.63, 3.8) is 0 Å². The average Bonchev–Trinajstić information content (AvgIpc) is 2.44. The molecule has 0 unspecified atom stereocenters. The number of ether oxygens (including phenoxy) is 1. The Morgan fingerprint density at radius 1 is 1.33 bits per heavy atom. The number of piperidine rings is 1. The highest BCUT2D eigenvalue weighted by Crippen LogP contribution is 2.24. The van der Waals surface area contributed by atoms with Gasteiger partial charge in [-0.2, -0.15) is 0 Å². The van der Waals surface area contributed by atoms with Crippen molar-refractivity contribution in [2.45, 2.75) is 25.9 Å². The molecule has 1 saturated heterocycles.